The van der Waals surface area contributed by atoms with Crippen molar-refractivity contribution in [2.75, 3.05) is 6.26 Å². The Labute approximate surface area is 120 Å². The van der Waals surface area contributed by atoms with E-state index in [4.69, 9.17) is 0 Å². The van der Waals surface area contributed by atoms with E-state index < -0.39 is 4.92 Å². The maximum absolute atomic E-state index is 11.6. The fraction of sp³-hybridized carbons (Fsp3) is 0.0714. The number of aliphatic imine (C=N–C) groups is 1. The molecule has 0 heterocycles. The van der Waals surface area contributed by atoms with Gasteiger partial charge in [-0.2, -0.15) is 0 Å². The topological polar surface area (TPSA) is 78.6 Å². The third-order valence-electron chi connectivity index (χ3n) is 2.62. The van der Waals surface area contributed by atoms with Crippen LogP contribution in [0.15, 0.2) is 52.4 Å². The van der Waals surface area contributed by atoms with Crippen molar-refractivity contribution in [1.29, 1.82) is 0 Å². The summed E-state index contributed by atoms with van der Waals surface area (Å²) in [6, 6.07) is 11.1. The van der Waals surface area contributed by atoms with Crippen molar-refractivity contribution >= 4 is 29.4 Å². The molecular weight excluding hydrogens is 276 g/mol. The zero-order chi connectivity index (χ0) is 14.5. The second-order valence-corrected chi connectivity index (χ2v) is 4.82. The average molecular weight is 287 g/mol. The molecule has 20 heavy (non-hydrogen) atoms. The highest BCUT2D eigenvalue weighted by molar-refractivity contribution is 7.98. The lowest BCUT2D eigenvalue weighted by Crippen LogP contribution is -1.93. The number of rotatable bonds is 4. The largest absolute Gasteiger partial charge is 0.871 e. The van der Waals surface area contributed by atoms with Gasteiger partial charge in [-0.15, -0.1) is 11.8 Å². The first-order valence-electron chi connectivity index (χ1n) is 5.74. The van der Waals surface area contributed by atoms with Gasteiger partial charge in [-0.05, 0) is 24.0 Å². The minimum atomic E-state index is -0.550. The molecule has 5 nitrogen and oxygen atoms in total. The van der Waals surface area contributed by atoms with E-state index in [0.717, 1.165) is 16.5 Å². The Bertz CT molecular complexity index is 654. The van der Waals surface area contributed by atoms with Crippen molar-refractivity contribution in [2.24, 2.45) is 4.99 Å². The van der Waals surface area contributed by atoms with Crippen LogP contribution in [0.25, 0.3) is 0 Å². The van der Waals surface area contributed by atoms with E-state index in [9.17, 15) is 15.2 Å². The second kappa shape index (κ2) is 6.21. The third kappa shape index (κ3) is 3.36. The van der Waals surface area contributed by atoms with Crippen LogP contribution in [0, 0.1) is 10.1 Å². The van der Waals surface area contributed by atoms with Gasteiger partial charge in [0.1, 0.15) is 0 Å². The number of hydrogen-bond donors (Lipinski definition) is 0. The van der Waals surface area contributed by atoms with Crippen molar-refractivity contribution < 1.29 is 10.0 Å². The van der Waals surface area contributed by atoms with E-state index in [1.807, 2.05) is 30.5 Å². The summed E-state index contributed by atoms with van der Waals surface area (Å²) in [5.74, 6) is -0.340. The molecule has 0 spiro atoms. The summed E-state index contributed by atoms with van der Waals surface area (Å²) in [7, 11) is 0. The summed E-state index contributed by atoms with van der Waals surface area (Å²) in [4.78, 5) is 15.3. The van der Waals surface area contributed by atoms with Gasteiger partial charge >= 0.3 is 0 Å². The van der Waals surface area contributed by atoms with Crippen LogP contribution in [-0.2, 0) is 0 Å². The van der Waals surface area contributed by atoms with Crippen LogP contribution in [0.3, 0.4) is 0 Å². The van der Waals surface area contributed by atoms with E-state index in [2.05, 4.69) is 4.99 Å². The molecule has 2 aromatic carbocycles. The molecule has 0 atom stereocenters. The number of nitro groups is 1. The van der Waals surface area contributed by atoms with Crippen LogP contribution in [0.5, 0.6) is 5.75 Å². The zero-order valence-electron chi connectivity index (χ0n) is 10.6. The van der Waals surface area contributed by atoms with Gasteiger partial charge in [0.05, 0.1) is 10.6 Å². The first kappa shape index (κ1) is 14.1. The molecule has 0 amide bonds. The Kier molecular flexibility index (Phi) is 4.37. The van der Waals surface area contributed by atoms with Crippen LogP contribution >= 0.6 is 11.8 Å². The first-order valence-corrected chi connectivity index (χ1v) is 6.96. The van der Waals surface area contributed by atoms with Gasteiger partial charge in [0.25, 0.3) is 5.69 Å². The predicted molar refractivity (Wildman–Crippen MR) is 78.0 cm³/mol. The SMILES string of the molecule is CSc1ccc(C=Nc2cc([N+](=O)[O-])ccc2[O-])cc1. The van der Waals surface area contributed by atoms with Crippen LogP contribution in [0.2, 0.25) is 0 Å². The summed E-state index contributed by atoms with van der Waals surface area (Å²) >= 11 is 1.63. The summed E-state index contributed by atoms with van der Waals surface area (Å²) in [5.41, 5.74) is 0.747. The molecule has 2 rings (SSSR count). The van der Waals surface area contributed by atoms with Crippen molar-refractivity contribution in [1.82, 2.24) is 0 Å². The Hall–Kier alpha value is -2.34. The van der Waals surface area contributed by atoms with Gasteiger partial charge in [-0.1, -0.05) is 23.9 Å². The lowest BCUT2D eigenvalue weighted by atomic mass is 10.2. The second-order valence-electron chi connectivity index (χ2n) is 3.94. The van der Waals surface area contributed by atoms with Crippen molar-refractivity contribution in [3.8, 4) is 5.75 Å². The molecule has 0 radical (unpaired) electrons. The Morgan fingerprint density at radius 3 is 2.50 bits per heavy atom. The van der Waals surface area contributed by atoms with Gasteiger partial charge in [0.2, 0.25) is 0 Å². The monoisotopic (exact) mass is 287 g/mol. The first-order chi connectivity index (χ1) is 9.60. The zero-order valence-corrected chi connectivity index (χ0v) is 11.5. The molecule has 0 fully saturated rings. The van der Waals surface area contributed by atoms with Gasteiger partial charge in [-0.25, -0.2) is 0 Å². The van der Waals surface area contributed by atoms with Crippen LogP contribution in [-0.4, -0.2) is 17.4 Å². The van der Waals surface area contributed by atoms with Crippen molar-refractivity contribution in [3.63, 3.8) is 0 Å². The number of nitro benzene ring substituents is 1. The Morgan fingerprint density at radius 2 is 1.90 bits per heavy atom. The molecule has 6 heteroatoms. The fourth-order valence-corrected chi connectivity index (χ4v) is 1.96. The summed E-state index contributed by atoms with van der Waals surface area (Å²) in [5, 5.41) is 22.2. The quantitative estimate of drug-likeness (QED) is 0.374. The van der Waals surface area contributed by atoms with Crippen LogP contribution in [0.4, 0.5) is 11.4 Å². The fourth-order valence-electron chi connectivity index (χ4n) is 1.55. The van der Waals surface area contributed by atoms with Crippen molar-refractivity contribution in [2.45, 2.75) is 4.90 Å². The van der Waals surface area contributed by atoms with Gasteiger partial charge in [-0.3, -0.25) is 15.1 Å². The molecule has 102 valence electrons. The molecular formula is C14H11N2O3S-. The summed E-state index contributed by atoms with van der Waals surface area (Å²) in [6.45, 7) is 0. The molecule has 2 aromatic rings. The van der Waals surface area contributed by atoms with E-state index >= 15 is 0 Å². The predicted octanol–water partition coefficient (Wildman–Crippen LogP) is 3.14. The lowest BCUT2D eigenvalue weighted by Gasteiger charge is -2.08. The van der Waals surface area contributed by atoms with E-state index in [1.165, 1.54) is 18.3 Å². The molecule has 0 saturated carbocycles. The molecule has 0 aliphatic heterocycles. The smallest absolute Gasteiger partial charge is 0.271 e. The molecule has 0 N–H and O–H groups in total. The van der Waals surface area contributed by atoms with Crippen molar-refractivity contribution in [3.05, 3.63) is 58.1 Å². The Morgan fingerprint density at radius 1 is 1.20 bits per heavy atom. The number of non-ortho nitro benzene ring substituents is 1. The highest BCUT2D eigenvalue weighted by Crippen LogP contribution is 2.28. The summed E-state index contributed by atoms with van der Waals surface area (Å²) in [6.07, 6.45) is 3.50. The molecule has 0 saturated heterocycles. The molecule has 0 bridgehead atoms. The molecule has 0 unspecified atom stereocenters. The normalized spacial score (nSPS) is 10.8. The maximum Gasteiger partial charge on any atom is 0.271 e. The number of benzene rings is 2. The van der Waals surface area contributed by atoms with E-state index in [0.29, 0.717) is 0 Å². The third-order valence-corrected chi connectivity index (χ3v) is 3.37. The minimum Gasteiger partial charge on any atom is -0.871 e. The van der Waals surface area contributed by atoms with E-state index in [-0.39, 0.29) is 17.1 Å². The van der Waals surface area contributed by atoms with Gasteiger partial charge < -0.3 is 5.11 Å². The van der Waals surface area contributed by atoms with Crippen LogP contribution < -0.4 is 5.11 Å². The van der Waals surface area contributed by atoms with Crippen LogP contribution in [0.1, 0.15) is 5.56 Å². The van der Waals surface area contributed by atoms with Gasteiger partial charge in [0.15, 0.2) is 0 Å². The number of nitrogens with zero attached hydrogens (tertiary/aromatic N) is 2. The lowest BCUT2D eigenvalue weighted by molar-refractivity contribution is -0.385. The minimum absolute atomic E-state index is 0.0631. The average Bonchev–Trinajstić information content (AvgIpc) is 2.46. The number of thioether (sulfide) groups is 1. The standard InChI is InChI=1S/C14H12N2O3S/c1-20-12-5-2-10(3-6-12)9-15-13-8-11(16(18)19)4-7-14(13)17/h2-9,17H,1H3/p-1. The highest BCUT2D eigenvalue weighted by Gasteiger charge is 2.05. The molecule has 0 aromatic heterocycles. The van der Waals surface area contributed by atoms with E-state index in [1.54, 1.807) is 11.8 Å². The number of hydrogen-bond acceptors (Lipinski definition) is 5. The summed E-state index contributed by atoms with van der Waals surface area (Å²) < 4.78 is 0. The Balaban J connectivity index is 2.25. The highest BCUT2D eigenvalue weighted by atomic mass is 32.2. The maximum atomic E-state index is 11.6. The van der Waals surface area contributed by atoms with Gasteiger partial charge in [0, 0.05) is 23.2 Å². The molecule has 0 aliphatic rings. The molecule has 0 aliphatic carbocycles.